The van der Waals surface area contributed by atoms with E-state index in [9.17, 15) is 19.5 Å². The second kappa shape index (κ2) is 8.46. The molecule has 2 atom stereocenters. The molecule has 1 aliphatic rings. The Hall–Kier alpha value is -3.17. The fourth-order valence-electron chi connectivity index (χ4n) is 3.72. The molecule has 156 valence electrons. The molecule has 0 radical (unpaired) electrons. The van der Waals surface area contributed by atoms with Crippen molar-refractivity contribution in [2.45, 2.75) is 46.1 Å². The van der Waals surface area contributed by atoms with Crippen molar-refractivity contribution in [1.82, 2.24) is 19.6 Å². The summed E-state index contributed by atoms with van der Waals surface area (Å²) in [4.78, 5) is 37.2. The van der Waals surface area contributed by atoms with Crippen molar-refractivity contribution in [2.24, 2.45) is 18.9 Å². The van der Waals surface area contributed by atoms with Crippen molar-refractivity contribution < 1.29 is 19.5 Å². The number of carbonyl (C=O) groups excluding carboxylic acids is 2. The third-order valence-corrected chi connectivity index (χ3v) is 5.52. The molecule has 3 rings (SSSR count). The largest absolute Gasteiger partial charge is 0.481 e. The average molecular weight is 402 g/mol. The van der Waals surface area contributed by atoms with Crippen LogP contribution < -0.4 is 10.6 Å². The predicted octanol–water partition coefficient (Wildman–Crippen LogP) is 2.03. The number of carbonyl (C=O) groups is 3. The zero-order chi connectivity index (χ0) is 21.1. The zero-order valence-electron chi connectivity index (χ0n) is 16.8. The number of carboxylic acids is 1. The Labute approximate surface area is 168 Å². The zero-order valence-corrected chi connectivity index (χ0v) is 16.8. The molecule has 0 saturated heterocycles. The van der Waals surface area contributed by atoms with Crippen LogP contribution in [0.15, 0.2) is 12.4 Å². The van der Waals surface area contributed by atoms with E-state index < -0.39 is 23.7 Å². The summed E-state index contributed by atoms with van der Waals surface area (Å²) in [7, 11) is 1.77. The van der Waals surface area contributed by atoms with Gasteiger partial charge in [-0.1, -0.05) is 12.8 Å². The number of nitrogens with zero attached hydrogens (tertiary/aromatic N) is 4. The van der Waals surface area contributed by atoms with Crippen molar-refractivity contribution in [3.63, 3.8) is 0 Å². The van der Waals surface area contributed by atoms with E-state index in [1.807, 2.05) is 13.8 Å². The van der Waals surface area contributed by atoms with E-state index in [-0.39, 0.29) is 17.3 Å². The predicted molar refractivity (Wildman–Crippen MR) is 106 cm³/mol. The summed E-state index contributed by atoms with van der Waals surface area (Å²) in [5.41, 5.74) is 1.84. The van der Waals surface area contributed by atoms with E-state index in [0.717, 1.165) is 18.5 Å². The number of carboxylic acid groups (broad SMARTS) is 1. The van der Waals surface area contributed by atoms with Gasteiger partial charge in [0.05, 0.1) is 41.3 Å². The summed E-state index contributed by atoms with van der Waals surface area (Å²) in [5.74, 6) is -3.10. The van der Waals surface area contributed by atoms with Gasteiger partial charge in [-0.05, 0) is 26.7 Å². The number of aliphatic carboxylic acids is 1. The first-order valence-corrected chi connectivity index (χ1v) is 9.72. The number of nitrogens with one attached hydrogen (secondary N) is 2. The second-order valence-electron chi connectivity index (χ2n) is 7.27. The molecule has 0 aromatic carbocycles. The summed E-state index contributed by atoms with van der Waals surface area (Å²) in [5, 5.41) is 23.3. The molecule has 0 unspecified atom stereocenters. The standard InChI is InChI=1S/C19H26N6O4/c1-4-25-16(18(27)22-14-9-20-24(3)11(14)2)15(10-21-25)23-17(26)12-7-5-6-8-13(12)19(28)29/h9-10,12-13H,4-8H2,1-3H3,(H,22,27)(H,23,26)(H,28,29)/t12-,13+/m0/s1. The van der Waals surface area contributed by atoms with E-state index in [0.29, 0.717) is 25.1 Å². The molecule has 1 saturated carbocycles. The molecule has 2 amide bonds. The number of rotatable bonds is 6. The topological polar surface area (TPSA) is 131 Å². The van der Waals surface area contributed by atoms with Crippen molar-refractivity contribution in [3.05, 3.63) is 23.8 Å². The summed E-state index contributed by atoms with van der Waals surface area (Å²) in [6.45, 7) is 4.11. The highest BCUT2D eigenvalue weighted by Crippen LogP contribution is 2.31. The van der Waals surface area contributed by atoms with Gasteiger partial charge in [0.1, 0.15) is 5.69 Å². The highest BCUT2D eigenvalue weighted by molar-refractivity contribution is 6.09. The van der Waals surface area contributed by atoms with Gasteiger partial charge in [0.2, 0.25) is 5.91 Å². The maximum absolute atomic E-state index is 12.9. The van der Waals surface area contributed by atoms with Gasteiger partial charge in [0, 0.05) is 13.6 Å². The maximum atomic E-state index is 12.9. The summed E-state index contributed by atoms with van der Waals surface area (Å²) >= 11 is 0. The normalized spacial score (nSPS) is 19.0. The molecule has 0 spiro atoms. The fraction of sp³-hybridized carbons (Fsp3) is 0.526. The van der Waals surface area contributed by atoms with Crippen molar-refractivity contribution in [3.8, 4) is 0 Å². The Kier molecular flexibility index (Phi) is 6.00. The van der Waals surface area contributed by atoms with Gasteiger partial charge in [0.15, 0.2) is 0 Å². The highest BCUT2D eigenvalue weighted by Gasteiger charge is 2.36. The molecule has 2 heterocycles. The van der Waals surface area contributed by atoms with Gasteiger partial charge >= 0.3 is 5.97 Å². The van der Waals surface area contributed by atoms with Crippen LogP contribution in [0.1, 0.15) is 48.8 Å². The van der Waals surface area contributed by atoms with Gasteiger partial charge < -0.3 is 15.7 Å². The molecular weight excluding hydrogens is 376 g/mol. The smallest absolute Gasteiger partial charge is 0.307 e. The minimum Gasteiger partial charge on any atom is -0.481 e. The lowest BCUT2D eigenvalue weighted by Gasteiger charge is -2.27. The van der Waals surface area contributed by atoms with E-state index in [2.05, 4.69) is 20.8 Å². The first kappa shape index (κ1) is 20.6. The molecule has 1 fully saturated rings. The van der Waals surface area contributed by atoms with E-state index >= 15 is 0 Å². The second-order valence-corrected chi connectivity index (χ2v) is 7.27. The number of hydrogen-bond acceptors (Lipinski definition) is 5. The van der Waals surface area contributed by atoms with Gasteiger partial charge in [-0.3, -0.25) is 23.7 Å². The van der Waals surface area contributed by atoms with Gasteiger partial charge in [-0.2, -0.15) is 10.2 Å². The summed E-state index contributed by atoms with van der Waals surface area (Å²) in [6, 6.07) is 0. The summed E-state index contributed by atoms with van der Waals surface area (Å²) < 4.78 is 3.14. The van der Waals surface area contributed by atoms with Crippen LogP contribution in [0, 0.1) is 18.8 Å². The SMILES string of the molecule is CCn1ncc(NC(=O)[C@H]2CCCC[C@H]2C(=O)O)c1C(=O)Nc1cnn(C)c1C. The molecule has 1 aliphatic carbocycles. The number of aryl methyl sites for hydroxylation is 2. The molecule has 3 N–H and O–H groups in total. The van der Waals surface area contributed by atoms with E-state index in [1.54, 1.807) is 17.9 Å². The Morgan fingerprint density at radius 2 is 1.76 bits per heavy atom. The van der Waals surface area contributed by atoms with Crippen molar-refractivity contribution >= 4 is 29.2 Å². The Morgan fingerprint density at radius 1 is 1.10 bits per heavy atom. The highest BCUT2D eigenvalue weighted by atomic mass is 16.4. The monoisotopic (exact) mass is 402 g/mol. The first-order valence-electron chi connectivity index (χ1n) is 9.72. The number of anilines is 2. The number of hydrogen-bond donors (Lipinski definition) is 3. The molecule has 10 heteroatoms. The lowest BCUT2D eigenvalue weighted by molar-refractivity contribution is -0.147. The van der Waals surface area contributed by atoms with Crippen LogP contribution in [0.5, 0.6) is 0 Å². The van der Waals surface area contributed by atoms with Crippen LogP contribution in [-0.2, 0) is 23.2 Å². The maximum Gasteiger partial charge on any atom is 0.307 e. The molecule has 0 bridgehead atoms. The van der Waals surface area contributed by atoms with Crippen LogP contribution in [0.3, 0.4) is 0 Å². The van der Waals surface area contributed by atoms with Crippen molar-refractivity contribution in [1.29, 1.82) is 0 Å². The minimum absolute atomic E-state index is 0.215. The Balaban J connectivity index is 1.82. The number of aromatic nitrogens is 4. The minimum atomic E-state index is -0.959. The van der Waals surface area contributed by atoms with Gasteiger partial charge in [-0.15, -0.1) is 0 Å². The van der Waals surface area contributed by atoms with Crippen LogP contribution >= 0.6 is 0 Å². The third-order valence-electron chi connectivity index (χ3n) is 5.52. The lowest BCUT2D eigenvalue weighted by atomic mass is 9.78. The van der Waals surface area contributed by atoms with E-state index in [1.165, 1.54) is 10.9 Å². The first-order chi connectivity index (χ1) is 13.8. The lowest BCUT2D eigenvalue weighted by Crippen LogP contribution is -2.36. The van der Waals surface area contributed by atoms with Crippen LogP contribution in [-0.4, -0.2) is 42.5 Å². The Morgan fingerprint density at radius 3 is 2.34 bits per heavy atom. The van der Waals surface area contributed by atoms with E-state index in [4.69, 9.17) is 0 Å². The van der Waals surface area contributed by atoms with Gasteiger partial charge in [0.25, 0.3) is 5.91 Å². The molecule has 2 aromatic heterocycles. The van der Waals surface area contributed by atoms with Gasteiger partial charge in [-0.25, -0.2) is 0 Å². The number of amides is 2. The fourth-order valence-corrected chi connectivity index (χ4v) is 3.72. The molecule has 2 aromatic rings. The molecule has 10 nitrogen and oxygen atoms in total. The van der Waals surface area contributed by atoms with Crippen LogP contribution in [0.2, 0.25) is 0 Å². The van der Waals surface area contributed by atoms with Crippen LogP contribution in [0.4, 0.5) is 11.4 Å². The average Bonchev–Trinajstić information content (AvgIpc) is 3.25. The molecule has 0 aliphatic heterocycles. The summed E-state index contributed by atoms with van der Waals surface area (Å²) in [6.07, 6.45) is 5.58. The quantitative estimate of drug-likeness (QED) is 0.677. The third kappa shape index (κ3) is 4.15. The van der Waals surface area contributed by atoms with Crippen molar-refractivity contribution in [2.75, 3.05) is 10.6 Å². The van der Waals surface area contributed by atoms with Crippen LogP contribution in [0.25, 0.3) is 0 Å². The molecule has 29 heavy (non-hydrogen) atoms. The molecular formula is C19H26N6O4. The Bertz CT molecular complexity index is 931.